The maximum atomic E-state index is 14.6. The van der Waals surface area contributed by atoms with Gasteiger partial charge in [0.25, 0.3) is 0 Å². The molecule has 0 bridgehead atoms. The van der Waals surface area contributed by atoms with Crippen LogP contribution in [0.25, 0.3) is 11.3 Å². The second-order valence-corrected chi connectivity index (χ2v) is 18.9. The Bertz CT molecular complexity index is 1970. The molecule has 0 saturated carbocycles. The van der Waals surface area contributed by atoms with Crippen molar-refractivity contribution in [3.05, 3.63) is 43.1 Å². The smallest absolute Gasteiger partial charge is 0.410 e. The molecule has 1 unspecified atom stereocenters. The van der Waals surface area contributed by atoms with Gasteiger partial charge in [-0.1, -0.05) is 50.8 Å². The Hall–Kier alpha value is -4.66. The van der Waals surface area contributed by atoms with Crippen LogP contribution < -0.4 is 16.4 Å². The number of Topliss-reactive ketones (excluding diaryl/α,β-unsaturated/α-hetero) is 1. The number of nitrogens with zero attached hydrogens (tertiary/aromatic N) is 5. The number of rotatable bonds is 15. The van der Waals surface area contributed by atoms with E-state index in [-0.39, 0.29) is 25.1 Å². The lowest BCUT2D eigenvalue weighted by atomic mass is 9.78. The first-order valence-electron chi connectivity index (χ1n) is 23.2. The number of ether oxygens (including phenoxy) is 6. The maximum Gasteiger partial charge on any atom is 0.410 e. The van der Waals surface area contributed by atoms with Gasteiger partial charge in [-0.3, -0.25) is 19.2 Å². The Kier molecular flexibility index (Phi) is 18.1. The van der Waals surface area contributed by atoms with Crippen LogP contribution >= 0.6 is 0 Å². The molecule has 368 valence electrons. The number of alkyl carbamates (subject to hydrolysis) is 1. The number of aliphatic hydroxyl groups excluding tert-OH is 1. The summed E-state index contributed by atoms with van der Waals surface area (Å²) in [7, 11) is 5.20. The number of hydrogen-bond donors (Lipinski definition) is 4. The van der Waals surface area contributed by atoms with Gasteiger partial charge in [-0.15, -0.1) is 5.10 Å². The predicted molar refractivity (Wildman–Crippen MR) is 246 cm³/mol. The number of likely N-dealkylation sites (N-methyl/N-ethyl adjacent to an activating group) is 1. The van der Waals surface area contributed by atoms with Gasteiger partial charge < -0.3 is 54.8 Å². The van der Waals surface area contributed by atoms with Crippen molar-refractivity contribution in [1.29, 1.82) is 0 Å². The van der Waals surface area contributed by atoms with Crippen LogP contribution in [0.1, 0.15) is 80.6 Å². The average molecular weight is 927 g/mol. The second-order valence-electron chi connectivity index (χ2n) is 18.9. The zero-order valence-corrected chi connectivity index (χ0v) is 40.4. The highest BCUT2D eigenvalue weighted by Crippen LogP contribution is 2.40. The predicted octanol–water partition coefficient (Wildman–Crippen LogP) is 4.18. The minimum Gasteiger partial charge on any atom is -0.458 e. The van der Waals surface area contributed by atoms with Gasteiger partial charge in [0.1, 0.15) is 30.4 Å². The summed E-state index contributed by atoms with van der Waals surface area (Å²) in [5, 5.41) is 26.7. The number of anilines is 1. The lowest BCUT2D eigenvalue weighted by molar-refractivity contribution is -0.296. The second kappa shape index (κ2) is 22.9. The Labute approximate surface area is 389 Å². The van der Waals surface area contributed by atoms with E-state index in [2.05, 4.69) is 34.4 Å². The normalized spacial score (nSPS) is 33.6. The minimum atomic E-state index is -1.28. The van der Waals surface area contributed by atoms with E-state index in [1.165, 1.54) is 13.0 Å². The number of methoxy groups -OCH3 is 1. The van der Waals surface area contributed by atoms with Crippen molar-refractivity contribution in [3.8, 4) is 11.3 Å². The van der Waals surface area contributed by atoms with Gasteiger partial charge in [0.15, 0.2) is 17.7 Å². The maximum absolute atomic E-state index is 14.6. The fourth-order valence-corrected chi connectivity index (χ4v) is 9.86. The van der Waals surface area contributed by atoms with Crippen LogP contribution in [0, 0.1) is 17.8 Å². The monoisotopic (exact) mass is 927 g/mol. The molecule has 5 N–H and O–H groups in total. The molecule has 1 aromatic heterocycles. The largest absolute Gasteiger partial charge is 0.458 e. The molecule has 3 saturated heterocycles. The van der Waals surface area contributed by atoms with Crippen LogP contribution in [0.2, 0.25) is 0 Å². The van der Waals surface area contributed by atoms with Crippen molar-refractivity contribution < 1.29 is 52.7 Å². The number of aliphatic hydroxyl groups is 1. The quantitative estimate of drug-likeness (QED) is 0.0490. The number of nitrogens with two attached hydrogens (primary N) is 1. The number of carbonyl (C=O) groups excluding carboxylic acids is 4. The highest BCUT2D eigenvalue weighted by atomic mass is 16.7. The zero-order chi connectivity index (χ0) is 48.5. The van der Waals surface area contributed by atoms with Crippen molar-refractivity contribution in [2.75, 3.05) is 53.2 Å². The van der Waals surface area contributed by atoms with Crippen molar-refractivity contribution >= 4 is 29.6 Å². The van der Waals surface area contributed by atoms with Gasteiger partial charge in [0.05, 0.1) is 30.0 Å². The summed E-state index contributed by atoms with van der Waals surface area (Å²) in [4.78, 5) is 58.5. The van der Waals surface area contributed by atoms with E-state index in [0.29, 0.717) is 63.1 Å². The van der Waals surface area contributed by atoms with Gasteiger partial charge in [0, 0.05) is 56.0 Å². The van der Waals surface area contributed by atoms with E-state index in [9.17, 15) is 24.3 Å². The van der Waals surface area contributed by atoms with Gasteiger partial charge in [-0.05, 0) is 98.5 Å². The number of hydrogen-bond acceptors (Lipinski definition) is 16. The van der Waals surface area contributed by atoms with Crippen molar-refractivity contribution in [3.63, 3.8) is 0 Å². The summed E-state index contributed by atoms with van der Waals surface area (Å²) >= 11 is 0. The first-order valence-corrected chi connectivity index (χ1v) is 23.2. The van der Waals surface area contributed by atoms with Crippen LogP contribution in [-0.2, 0) is 44.6 Å². The SMILES string of the molecule is C=CCOC(=O)NC[C@@H]1C[C@H](N(C)C)[C@@H](O)C(O[C@@H]2[C@H](C)C(=O)[C@@H](C)C(=O)O[C@H](CC)[C@@]3(C)OC(=O)N(CCCCn4cc(-c5cccc(N)c5)nn4)[C@@H]3[C@@H](C)NC[C@H](C)C[C@@]2(C)OC)O1. The summed E-state index contributed by atoms with van der Waals surface area (Å²) in [6, 6.07) is 6.12. The molecule has 19 nitrogen and oxygen atoms in total. The van der Waals surface area contributed by atoms with Crippen LogP contribution in [0.5, 0.6) is 0 Å². The molecule has 2 aromatic rings. The minimum absolute atomic E-state index is 0.0375. The molecule has 4 heterocycles. The number of esters is 1. The molecule has 19 heteroatoms. The molecular weight excluding hydrogens is 853 g/mol. The summed E-state index contributed by atoms with van der Waals surface area (Å²) in [5.41, 5.74) is 5.76. The molecule has 5 rings (SSSR count). The molecule has 0 spiro atoms. The summed E-state index contributed by atoms with van der Waals surface area (Å²) in [6.07, 6.45) is -0.383. The third-order valence-corrected chi connectivity index (χ3v) is 13.5. The van der Waals surface area contributed by atoms with Gasteiger partial charge in [-0.25, -0.2) is 9.59 Å². The zero-order valence-electron chi connectivity index (χ0n) is 40.4. The van der Waals surface area contributed by atoms with E-state index >= 15 is 0 Å². The standard InChI is InChI=1S/C47H74N8O11/c1-12-21-62-44(59)50-26-34-23-36(53(9)10)39(57)43(63-34)65-41-29(4)38(56)30(5)42(58)64-37(13-2)47(8)40(31(6)49-25-28(3)24-46(41,7)61-11)55(45(60)66-47)20-15-14-19-54-27-35(51-52-54)32-17-16-18-33(48)22-32/h12,16-18,22,27-31,34,36-37,39-41,43,49,57H,1,13-15,19-21,23-26,48H2,2-11H3,(H,50,59)/t28-,29-,30-,31-,34+,36+,37-,39-,40-,41-,43?,46-,47-/m1/s1. The van der Waals surface area contributed by atoms with Crippen molar-refractivity contribution in [2.24, 2.45) is 17.8 Å². The number of aromatic nitrogens is 3. The average Bonchev–Trinajstić information content (AvgIpc) is 3.87. The topological polar surface area (TPSA) is 231 Å². The third-order valence-electron chi connectivity index (χ3n) is 13.5. The van der Waals surface area contributed by atoms with E-state index < -0.39 is 89.8 Å². The number of amides is 2. The highest BCUT2D eigenvalue weighted by molar-refractivity contribution is 6.00. The van der Waals surface area contributed by atoms with E-state index in [0.717, 1.165) is 5.56 Å². The van der Waals surface area contributed by atoms with Crippen LogP contribution in [0.3, 0.4) is 0 Å². The summed E-state index contributed by atoms with van der Waals surface area (Å²) in [5.74, 6) is -3.54. The molecular formula is C47H74N8O11. The molecule has 2 amide bonds. The van der Waals surface area contributed by atoms with Crippen LogP contribution in [0.15, 0.2) is 43.1 Å². The molecule has 13 atom stereocenters. The number of unbranched alkanes of at least 4 members (excludes halogenated alkanes) is 1. The number of benzene rings is 1. The molecule has 3 fully saturated rings. The molecule has 66 heavy (non-hydrogen) atoms. The van der Waals surface area contributed by atoms with Crippen molar-refractivity contribution in [2.45, 2.75) is 147 Å². The first-order chi connectivity index (χ1) is 31.3. The highest BCUT2D eigenvalue weighted by Gasteiger charge is 2.59. The molecule has 3 aliphatic heterocycles. The Morgan fingerprint density at radius 3 is 2.55 bits per heavy atom. The number of nitrogen functional groups attached to an aromatic ring is 1. The first kappa shape index (κ1) is 52.3. The fourth-order valence-electron chi connectivity index (χ4n) is 9.86. The van der Waals surface area contributed by atoms with Gasteiger partial charge in [0.2, 0.25) is 0 Å². The lowest BCUT2D eigenvalue weighted by Gasteiger charge is -2.47. The van der Waals surface area contributed by atoms with Crippen LogP contribution in [-0.4, -0.2) is 161 Å². The molecule has 3 aliphatic rings. The van der Waals surface area contributed by atoms with E-state index in [4.69, 9.17) is 34.2 Å². The van der Waals surface area contributed by atoms with Crippen molar-refractivity contribution in [1.82, 2.24) is 35.4 Å². The Balaban J connectivity index is 1.37. The Morgan fingerprint density at radius 2 is 1.88 bits per heavy atom. The summed E-state index contributed by atoms with van der Waals surface area (Å²) < 4.78 is 38.7. The van der Waals surface area contributed by atoms with E-state index in [1.54, 1.807) is 30.5 Å². The third kappa shape index (κ3) is 12.3. The Morgan fingerprint density at radius 1 is 1.15 bits per heavy atom. The lowest BCUT2D eigenvalue weighted by Crippen LogP contribution is -2.61. The van der Waals surface area contributed by atoms with Gasteiger partial charge >= 0.3 is 18.2 Å². The summed E-state index contributed by atoms with van der Waals surface area (Å²) in [6.45, 7) is 17.8. The number of cyclic esters (lactones) is 1. The molecule has 0 aliphatic carbocycles. The molecule has 1 aromatic carbocycles. The van der Waals surface area contributed by atoms with Gasteiger partial charge in [-0.2, -0.15) is 0 Å². The number of fused-ring (bicyclic) bond motifs is 1. The van der Waals surface area contributed by atoms with E-state index in [1.807, 2.05) is 70.2 Å². The number of nitrogens with one attached hydrogen (secondary N) is 2. The number of ketones is 1. The fraction of sp³-hybridized carbons (Fsp3) is 0.702. The number of aryl methyl sites for hydroxylation is 1. The molecule has 0 radical (unpaired) electrons. The van der Waals surface area contributed by atoms with Crippen LogP contribution in [0.4, 0.5) is 15.3 Å². The number of carbonyl (C=O) groups is 4.